The van der Waals surface area contributed by atoms with Crippen molar-refractivity contribution in [3.8, 4) is 0 Å². The minimum Gasteiger partial charge on any atom is -0.466 e. The molecule has 0 aliphatic carbocycles. The number of rotatable bonds is 8. The molecular weight excluding hydrogens is 332 g/mol. The smallest absolute Gasteiger partial charge is 0.332 e. The van der Waals surface area contributed by atoms with E-state index in [1.807, 2.05) is 30.3 Å². The average Bonchev–Trinajstić information content (AvgIpc) is 2.64. The topological polar surface area (TPSA) is 67.9 Å². The second-order valence-electron chi connectivity index (χ2n) is 6.06. The summed E-state index contributed by atoms with van der Waals surface area (Å²) in [5.41, 5.74) is 1.57. The molecule has 1 heterocycles. The molecule has 1 aromatic rings. The second-order valence-corrected chi connectivity index (χ2v) is 6.06. The van der Waals surface area contributed by atoms with Crippen LogP contribution >= 0.6 is 0 Å². The molecule has 0 atom stereocenters. The van der Waals surface area contributed by atoms with Gasteiger partial charge in [0, 0.05) is 23.5 Å². The predicted molar refractivity (Wildman–Crippen MR) is 101 cm³/mol. The molecule has 0 saturated carbocycles. The zero-order chi connectivity index (χ0) is 18.8. The minimum absolute atomic E-state index is 0.0332. The number of nitrogens with zero attached hydrogens (tertiary/aromatic N) is 1. The summed E-state index contributed by atoms with van der Waals surface area (Å²) in [6, 6.07) is 10.0. The maximum absolute atomic E-state index is 12.2. The van der Waals surface area contributed by atoms with E-state index in [1.54, 1.807) is 13.8 Å². The molecule has 1 N–H and O–H groups in total. The van der Waals surface area contributed by atoms with Crippen molar-refractivity contribution in [3.05, 3.63) is 42.1 Å². The average molecular weight is 360 g/mol. The molecule has 26 heavy (non-hydrogen) atoms. The van der Waals surface area contributed by atoms with Crippen LogP contribution in [0, 0.1) is 0 Å². The number of anilines is 1. The SMILES string of the molecule is CCOC(=O)C=C(CC(=O)OCC)N(c1ccccc1)C1CCNCC1. The summed E-state index contributed by atoms with van der Waals surface area (Å²) in [4.78, 5) is 26.4. The van der Waals surface area contributed by atoms with Crippen molar-refractivity contribution in [2.45, 2.75) is 39.2 Å². The van der Waals surface area contributed by atoms with Crippen LogP contribution in [-0.2, 0) is 19.1 Å². The quantitative estimate of drug-likeness (QED) is 0.568. The van der Waals surface area contributed by atoms with Crippen LogP contribution in [0.4, 0.5) is 5.69 Å². The van der Waals surface area contributed by atoms with Gasteiger partial charge in [-0.3, -0.25) is 4.79 Å². The van der Waals surface area contributed by atoms with E-state index in [2.05, 4.69) is 10.2 Å². The summed E-state index contributed by atoms with van der Waals surface area (Å²) >= 11 is 0. The summed E-state index contributed by atoms with van der Waals surface area (Å²) in [5.74, 6) is -0.792. The van der Waals surface area contributed by atoms with Crippen molar-refractivity contribution in [1.82, 2.24) is 5.32 Å². The third-order valence-corrected chi connectivity index (χ3v) is 4.22. The molecule has 1 saturated heterocycles. The number of carbonyl (C=O) groups excluding carboxylic acids is 2. The zero-order valence-corrected chi connectivity index (χ0v) is 15.6. The van der Waals surface area contributed by atoms with Gasteiger partial charge in [-0.15, -0.1) is 0 Å². The summed E-state index contributed by atoms with van der Waals surface area (Å²) in [6.45, 7) is 5.94. The number of piperidine rings is 1. The second kappa shape index (κ2) is 10.6. The maximum atomic E-state index is 12.2. The Morgan fingerprint density at radius 1 is 1.12 bits per heavy atom. The number of ether oxygens (including phenoxy) is 2. The summed E-state index contributed by atoms with van der Waals surface area (Å²) < 4.78 is 10.2. The number of hydrogen-bond acceptors (Lipinski definition) is 6. The zero-order valence-electron chi connectivity index (χ0n) is 15.6. The lowest BCUT2D eigenvalue weighted by atomic mass is 10.0. The van der Waals surface area contributed by atoms with Crippen LogP contribution in [0.1, 0.15) is 33.1 Å². The lowest BCUT2D eigenvalue weighted by Crippen LogP contribution is -2.43. The molecule has 2 rings (SSSR count). The van der Waals surface area contributed by atoms with Gasteiger partial charge in [0.05, 0.1) is 19.6 Å². The molecule has 6 nitrogen and oxygen atoms in total. The number of carbonyl (C=O) groups is 2. The van der Waals surface area contributed by atoms with Crippen molar-refractivity contribution in [3.63, 3.8) is 0 Å². The van der Waals surface area contributed by atoms with E-state index < -0.39 is 5.97 Å². The van der Waals surface area contributed by atoms with Crippen molar-refractivity contribution in [2.24, 2.45) is 0 Å². The van der Waals surface area contributed by atoms with Gasteiger partial charge < -0.3 is 19.7 Å². The van der Waals surface area contributed by atoms with Gasteiger partial charge in [0.25, 0.3) is 0 Å². The highest BCUT2D eigenvalue weighted by atomic mass is 16.5. The Balaban J connectivity index is 2.38. The van der Waals surface area contributed by atoms with Gasteiger partial charge in [-0.2, -0.15) is 0 Å². The Morgan fingerprint density at radius 3 is 2.38 bits per heavy atom. The lowest BCUT2D eigenvalue weighted by molar-refractivity contribution is -0.142. The molecule has 6 heteroatoms. The monoisotopic (exact) mass is 360 g/mol. The van der Waals surface area contributed by atoms with Crippen LogP contribution in [0.15, 0.2) is 42.1 Å². The molecule has 1 aliphatic rings. The highest BCUT2D eigenvalue weighted by Gasteiger charge is 2.26. The van der Waals surface area contributed by atoms with Crippen molar-refractivity contribution >= 4 is 17.6 Å². The Morgan fingerprint density at radius 2 is 1.77 bits per heavy atom. The van der Waals surface area contributed by atoms with Gasteiger partial charge in [0.1, 0.15) is 0 Å². The fourth-order valence-corrected chi connectivity index (χ4v) is 3.15. The van der Waals surface area contributed by atoms with Gasteiger partial charge in [0.2, 0.25) is 0 Å². The van der Waals surface area contributed by atoms with E-state index in [9.17, 15) is 9.59 Å². The van der Waals surface area contributed by atoms with Crippen LogP contribution < -0.4 is 10.2 Å². The minimum atomic E-state index is -0.443. The van der Waals surface area contributed by atoms with E-state index >= 15 is 0 Å². The van der Waals surface area contributed by atoms with Gasteiger partial charge in [-0.25, -0.2) is 4.79 Å². The fraction of sp³-hybridized carbons (Fsp3) is 0.500. The van der Waals surface area contributed by atoms with E-state index in [0.29, 0.717) is 18.9 Å². The number of esters is 2. The molecule has 0 spiro atoms. The largest absolute Gasteiger partial charge is 0.466 e. The Bertz CT molecular complexity index is 609. The van der Waals surface area contributed by atoms with Crippen molar-refractivity contribution in [1.29, 1.82) is 0 Å². The highest BCUT2D eigenvalue weighted by molar-refractivity contribution is 5.86. The maximum Gasteiger partial charge on any atom is 0.332 e. The summed E-state index contributed by atoms with van der Waals surface area (Å²) in [7, 11) is 0. The summed E-state index contributed by atoms with van der Waals surface area (Å²) in [6.07, 6.45) is 3.32. The van der Waals surface area contributed by atoms with Crippen molar-refractivity contribution < 1.29 is 19.1 Å². The number of nitrogens with one attached hydrogen (secondary N) is 1. The first-order chi connectivity index (χ1) is 12.7. The third-order valence-electron chi connectivity index (χ3n) is 4.22. The van der Waals surface area contributed by atoms with E-state index in [0.717, 1.165) is 31.6 Å². The predicted octanol–water partition coefficient (Wildman–Crippen LogP) is 2.65. The molecule has 1 aliphatic heterocycles. The van der Waals surface area contributed by atoms with Crippen LogP contribution in [0.3, 0.4) is 0 Å². The standard InChI is InChI=1S/C20H28N2O4/c1-3-25-19(23)14-18(15-20(24)26-4-2)22(16-8-6-5-7-9-16)17-10-12-21-13-11-17/h5-9,14,17,21H,3-4,10-13,15H2,1-2H3. The molecule has 0 bridgehead atoms. The van der Waals surface area contributed by atoms with Crippen LogP contribution in [-0.4, -0.2) is 44.3 Å². The molecule has 0 amide bonds. The van der Waals surface area contributed by atoms with Gasteiger partial charge in [-0.1, -0.05) is 18.2 Å². The molecule has 0 radical (unpaired) electrons. The lowest BCUT2D eigenvalue weighted by Gasteiger charge is -2.37. The van der Waals surface area contributed by atoms with Crippen molar-refractivity contribution in [2.75, 3.05) is 31.2 Å². The first-order valence-electron chi connectivity index (χ1n) is 9.23. The first kappa shape index (κ1) is 20.0. The Hall–Kier alpha value is -2.34. The molecule has 142 valence electrons. The van der Waals surface area contributed by atoms with Gasteiger partial charge in [0.15, 0.2) is 0 Å². The van der Waals surface area contributed by atoms with Crippen LogP contribution in [0.25, 0.3) is 0 Å². The first-order valence-corrected chi connectivity index (χ1v) is 9.23. The molecular formula is C20H28N2O4. The number of para-hydroxylation sites is 1. The molecule has 1 fully saturated rings. The third kappa shape index (κ3) is 5.88. The Labute approximate surface area is 155 Å². The Kier molecular flexibility index (Phi) is 8.15. The summed E-state index contributed by atoms with van der Waals surface area (Å²) in [5, 5.41) is 3.35. The fourth-order valence-electron chi connectivity index (χ4n) is 3.15. The van der Waals surface area contributed by atoms with Gasteiger partial charge in [-0.05, 0) is 51.9 Å². The number of hydrogen-bond donors (Lipinski definition) is 1. The van der Waals surface area contributed by atoms with Crippen LogP contribution in [0.2, 0.25) is 0 Å². The number of benzene rings is 1. The normalized spacial score (nSPS) is 15.4. The van der Waals surface area contributed by atoms with Crippen LogP contribution in [0.5, 0.6) is 0 Å². The van der Waals surface area contributed by atoms with E-state index in [1.165, 1.54) is 6.08 Å². The van der Waals surface area contributed by atoms with E-state index in [4.69, 9.17) is 9.47 Å². The molecule has 0 unspecified atom stereocenters. The van der Waals surface area contributed by atoms with Gasteiger partial charge >= 0.3 is 11.9 Å². The van der Waals surface area contributed by atoms with E-state index in [-0.39, 0.29) is 18.4 Å². The highest BCUT2D eigenvalue weighted by Crippen LogP contribution is 2.28. The molecule has 0 aromatic heterocycles. The molecule has 1 aromatic carbocycles.